The number of nitrogens with zero attached hydrogens (tertiary/aromatic N) is 3. The molecule has 0 radical (unpaired) electrons. The molecule has 1 aromatic carbocycles. The summed E-state index contributed by atoms with van der Waals surface area (Å²) in [7, 11) is 0. The number of nitrogens with one attached hydrogen (secondary N) is 1. The standard InChI is InChI=1S/C21H25F5N4O4/c22-5-1-2-18(32)30-9-8-28(7-6-27-30)19-15(23)10-13(11-16(19)24)29-12-14(34-21(29)33)3-4-17(31)20(25)26/h10-11,14,20,27H,1-9,12H2/t14-/m0/s1. The molecule has 0 aromatic heterocycles. The molecule has 2 heterocycles. The van der Waals surface area contributed by atoms with Gasteiger partial charge in [-0.15, -0.1) is 0 Å². The first-order chi connectivity index (χ1) is 16.2. The molecule has 2 fully saturated rings. The van der Waals surface area contributed by atoms with E-state index < -0.39 is 49.1 Å². The molecule has 0 bridgehead atoms. The summed E-state index contributed by atoms with van der Waals surface area (Å²) in [4.78, 5) is 37.7. The van der Waals surface area contributed by atoms with Crippen LogP contribution in [0.25, 0.3) is 0 Å². The van der Waals surface area contributed by atoms with Gasteiger partial charge in [0, 0.05) is 44.6 Å². The smallest absolute Gasteiger partial charge is 0.414 e. The average molecular weight is 492 g/mol. The van der Waals surface area contributed by atoms with Crippen LogP contribution in [0.3, 0.4) is 0 Å². The quantitative estimate of drug-likeness (QED) is 0.534. The van der Waals surface area contributed by atoms with E-state index in [2.05, 4.69) is 5.43 Å². The first-order valence-electron chi connectivity index (χ1n) is 10.8. The summed E-state index contributed by atoms with van der Waals surface area (Å²) in [6, 6.07) is 1.93. The summed E-state index contributed by atoms with van der Waals surface area (Å²) in [5.74, 6) is -3.45. The van der Waals surface area contributed by atoms with Gasteiger partial charge >= 0.3 is 6.09 Å². The number of anilines is 2. The fourth-order valence-electron chi connectivity index (χ4n) is 3.83. The van der Waals surface area contributed by atoms with E-state index in [1.807, 2.05) is 0 Å². The van der Waals surface area contributed by atoms with E-state index in [0.717, 1.165) is 17.0 Å². The minimum Gasteiger partial charge on any atom is -0.444 e. The van der Waals surface area contributed by atoms with E-state index in [1.165, 1.54) is 9.91 Å². The van der Waals surface area contributed by atoms with Crippen LogP contribution in [0.15, 0.2) is 12.1 Å². The Morgan fingerprint density at radius 1 is 1.12 bits per heavy atom. The van der Waals surface area contributed by atoms with Crippen molar-refractivity contribution in [2.24, 2.45) is 0 Å². The van der Waals surface area contributed by atoms with Gasteiger partial charge in [-0.25, -0.2) is 27.8 Å². The number of hydrogen-bond donors (Lipinski definition) is 1. The highest BCUT2D eigenvalue weighted by Crippen LogP contribution is 2.31. The summed E-state index contributed by atoms with van der Waals surface area (Å²) in [6.07, 6.45) is -5.38. The predicted molar refractivity (Wildman–Crippen MR) is 111 cm³/mol. The molecule has 34 heavy (non-hydrogen) atoms. The highest BCUT2D eigenvalue weighted by molar-refractivity contribution is 5.90. The van der Waals surface area contributed by atoms with Gasteiger partial charge in [0.1, 0.15) is 11.8 Å². The number of hydrazine groups is 1. The second kappa shape index (κ2) is 11.4. The number of benzene rings is 1. The molecule has 0 aliphatic carbocycles. The zero-order chi connectivity index (χ0) is 24.8. The third-order valence-electron chi connectivity index (χ3n) is 5.56. The van der Waals surface area contributed by atoms with Crippen molar-refractivity contribution < 1.29 is 41.1 Å². The molecule has 2 aliphatic rings. The van der Waals surface area contributed by atoms with Crippen LogP contribution in [0, 0.1) is 11.6 Å². The van der Waals surface area contributed by atoms with Gasteiger partial charge in [-0.2, -0.15) is 0 Å². The normalized spacial score (nSPS) is 18.9. The Morgan fingerprint density at radius 3 is 2.47 bits per heavy atom. The number of carbonyl (C=O) groups excluding carboxylic acids is 3. The molecule has 1 atom stereocenters. The maximum Gasteiger partial charge on any atom is 0.414 e. The molecule has 13 heteroatoms. The Hall–Kier alpha value is -2.96. The number of halogens is 5. The molecule has 0 saturated carbocycles. The second-order valence-corrected chi connectivity index (χ2v) is 7.91. The Morgan fingerprint density at radius 2 is 1.82 bits per heavy atom. The molecule has 1 N–H and O–H groups in total. The lowest BCUT2D eigenvalue weighted by molar-refractivity contribution is -0.134. The van der Waals surface area contributed by atoms with Crippen LogP contribution in [-0.2, 0) is 14.3 Å². The predicted octanol–water partition coefficient (Wildman–Crippen LogP) is 2.81. The maximum atomic E-state index is 14.9. The van der Waals surface area contributed by atoms with Crippen LogP contribution in [0.5, 0.6) is 0 Å². The van der Waals surface area contributed by atoms with E-state index in [9.17, 15) is 36.3 Å². The lowest BCUT2D eigenvalue weighted by Gasteiger charge is -2.25. The first kappa shape index (κ1) is 25.7. The highest BCUT2D eigenvalue weighted by atomic mass is 19.3. The molecule has 2 amide bonds. The second-order valence-electron chi connectivity index (χ2n) is 7.91. The van der Waals surface area contributed by atoms with E-state index >= 15 is 0 Å². The van der Waals surface area contributed by atoms with Gasteiger partial charge in [0.15, 0.2) is 17.4 Å². The van der Waals surface area contributed by atoms with Crippen LogP contribution >= 0.6 is 0 Å². The first-order valence-corrected chi connectivity index (χ1v) is 10.8. The van der Waals surface area contributed by atoms with E-state index in [4.69, 9.17) is 4.74 Å². The zero-order valence-corrected chi connectivity index (χ0v) is 18.2. The Bertz CT molecular complexity index is 896. The number of Topliss-reactive ketones (excluding diaryl/α,β-unsaturated/α-hetero) is 1. The fourth-order valence-corrected chi connectivity index (χ4v) is 3.83. The number of rotatable bonds is 9. The third-order valence-corrected chi connectivity index (χ3v) is 5.56. The van der Waals surface area contributed by atoms with Crippen LogP contribution in [0.1, 0.15) is 25.7 Å². The number of ether oxygens (including phenoxy) is 1. The van der Waals surface area contributed by atoms with Crippen molar-refractivity contribution in [2.45, 2.75) is 38.2 Å². The maximum absolute atomic E-state index is 14.9. The number of cyclic esters (lactones) is 1. The lowest BCUT2D eigenvalue weighted by atomic mass is 10.1. The molecule has 3 rings (SSSR count). The van der Waals surface area contributed by atoms with Crippen molar-refractivity contribution in [3.63, 3.8) is 0 Å². The monoisotopic (exact) mass is 492 g/mol. The Balaban J connectivity index is 1.66. The van der Waals surface area contributed by atoms with Gasteiger partial charge < -0.3 is 9.64 Å². The molecule has 0 unspecified atom stereocenters. The minimum atomic E-state index is -3.11. The van der Waals surface area contributed by atoms with Crippen LogP contribution in [-0.4, -0.2) is 74.7 Å². The van der Waals surface area contributed by atoms with Crippen LogP contribution in [0.2, 0.25) is 0 Å². The van der Waals surface area contributed by atoms with Gasteiger partial charge in [0.05, 0.1) is 25.5 Å². The lowest BCUT2D eigenvalue weighted by Crippen LogP contribution is -2.43. The van der Waals surface area contributed by atoms with Crippen LogP contribution < -0.4 is 15.2 Å². The van der Waals surface area contributed by atoms with Gasteiger partial charge in [0.2, 0.25) is 5.91 Å². The van der Waals surface area contributed by atoms with E-state index in [1.54, 1.807) is 0 Å². The van der Waals surface area contributed by atoms with Gasteiger partial charge in [-0.1, -0.05) is 0 Å². The molecule has 1 aromatic rings. The summed E-state index contributed by atoms with van der Waals surface area (Å²) in [5, 5.41) is 1.30. The molecular weight excluding hydrogens is 467 g/mol. The Labute approximate surface area is 192 Å². The van der Waals surface area contributed by atoms with Crippen molar-refractivity contribution in [3.8, 4) is 0 Å². The SMILES string of the molecule is O=C(CC[C@H]1CN(c2cc(F)c(N3CCNN(C(=O)CCCF)CC3)c(F)c2)C(=O)O1)C(F)F. The number of alkyl halides is 3. The van der Waals surface area contributed by atoms with Gasteiger partial charge in [-0.05, 0) is 12.8 Å². The molecule has 0 spiro atoms. The highest BCUT2D eigenvalue weighted by Gasteiger charge is 2.34. The average Bonchev–Trinajstić information content (AvgIpc) is 3.00. The van der Waals surface area contributed by atoms with Gasteiger partial charge in [-0.3, -0.25) is 23.9 Å². The van der Waals surface area contributed by atoms with Crippen molar-refractivity contribution >= 4 is 29.2 Å². The van der Waals surface area contributed by atoms with E-state index in [-0.39, 0.29) is 69.3 Å². The number of carbonyl (C=O) groups is 3. The minimum absolute atomic E-state index is 0.0180. The van der Waals surface area contributed by atoms with Crippen molar-refractivity contribution in [1.82, 2.24) is 10.4 Å². The topological polar surface area (TPSA) is 82.2 Å². The fraction of sp³-hybridized carbons (Fsp3) is 0.571. The van der Waals surface area contributed by atoms with E-state index in [0.29, 0.717) is 0 Å². The van der Waals surface area contributed by atoms with Crippen molar-refractivity contribution in [1.29, 1.82) is 0 Å². The molecule has 8 nitrogen and oxygen atoms in total. The zero-order valence-electron chi connectivity index (χ0n) is 18.2. The number of ketones is 1. The molecule has 188 valence electrons. The summed E-state index contributed by atoms with van der Waals surface area (Å²) >= 11 is 0. The number of amides is 2. The summed E-state index contributed by atoms with van der Waals surface area (Å²) in [6.45, 7) is -0.104. The number of hydrogen-bond acceptors (Lipinski definition) is 6. The molecule has 2 saturated heterocycles. The molecule has 2 aliphatic heterocycles. The van der Waals surface area contributed by atoms with Crippen LogP contribution in [0.4, 0.5) is 38.1 Å². The van der Waals surface area contributed by atoms with Crippen molar-refractivity contribution in [3.05, 3.63) is 23.8 Å². The van der Waals surface area contributed by atoms with Gasteiger partial charge in [0.25, 0.3) is 6.43 Å². The van der Waals surface area contributed by atoms with Crippen molar-refractivity contribution in [2.75, 3.05) is 49.2 Å². The summed E-state index contributed by atoms with van der Waals surface area (Å²) < 4.78 is 71.9. The largest absolute Gasteiger partial charge is 0.444 e. The Kier molecular flexibility index (Phi) is 8.64. The molecular formula is C21H25F5N4O4. The third kappa shape index (κ3) is 6.13. The summed E-state index contributed by atoms with van der Waals surface area (Å²) in [5.41, 5.74) is 2.42.